The molecule has 2 rings (SSSR count). The topological polar surface area (TPSA) is 29.5 Å². The molecule has 15 heavy (non-hydrogen) atoms. The summed E-state index contributed by atoms with van der Waals surface area (Å²) in [4.78, 5) is 14.1. The summed E-state index contributed by atoms with van der Waals surface area (Å²) in [5.41, 5.74) is -0.446. The third-order valence-electron chi connectivity index (χ3n) is 3.24. The third kappa shape index (κ3) is 2.13. The molecule has 3 nitrogen and oxygen atoms in total. The largest absolute Gasteiger partial charge is 0.371 e. The predicted octanol–water partition coefficient (Wildman–Crippen LogP) is 1.64. The summed E-state index contributed by atoms with van der Waals surface area (Å²) in [5, 5.41) is 0. The molecule has 0 radical (unpaired) electrons. The SMILES string of the molecule is CC(C)(CCl)C(=O)N1CC2CCC(C1)O2. The van der Waals surface area contributed by atoms with Gasteiger partial charge in [-0.3, -0.25) is 4.79 Å². The minimum atomic E-state index is -0.446. The Morgan fingerprint density at radius 1 is 1.40 bits per heavy atom. The Labute approximate surface area is 95.7 Å². The molecule has 2 atom stereocenters. The Morgan fingerprint density at radius 2 is 1.93 bits per heavy atom. The maximum atomic E-state index is 12.2. The molecular weight excluding hydrogens is 214 g/mol. The van der Waals surface area contributed by atoms with Crippen molar-refractivity contribution < 1.29 is 9.53 Å². The number of carbonyl (C=O) groups is 1. The lowest BCUT2D eigenvalue weighted by molar-refractivity contribution is -0.147. The van der Waals surface area contributed by atoms with Crippen LogP contribution in [-0.2, 0) is 9.53 Å². The maximum Gasteiger partial charge on any atom is 0.229 e. The first-order chi connectivity index (χ1) is 7.03. The molecule has 2 unspecified atom stereocenters. The molecule has 0 N–H and O–H groups in total. The Hall–Kier alpha value is -0.280. The predicted molar refractivity (Wildman–Crippen MR) is 59.0 cm³/mol. The number of nitrogens with zero attached hydrogens (tertiary/aromatic N) is 1. The van der Waals surface area contributed by atoms with E-state index in [4.69, 9.17) is 16.3 Å². The lowest BCUT2D eigenvalue weighted by Gasteiger charge is -2.36. The van der Waals surface area contributed by atoms with E-state index in [0.29, 0.717) is 5.88 Å². The van der Waals surface area contributed by atoms with Gasteiger partial charge in [0.15, 0.2) is 0 Å². The Balaban J connectivity index is 2.03. The molecular formula is C11H18ClNO2. The quantitative estimate of drug-likeness (QED) is 0.677. The van der Waals surface area contributed by atoms with Crippen LogP contribution in [0.15, 0.2) is 0 Å². The summed E-state index contributed by atoms with van der Waals surface area (Å²) >= 11 is 5.82. The van der Waals surface area contributed by atoms with Crippen molar-refractivity contribution in [3.63, 3.8) is 0 Å². The van der Waals surface area contributed by atoms with E-state index in [9.17, 15) is 4.79 Å². The van der Waals surface area contributed by atoms with Gasteiger partial charge >= 0.3 is 0 Å². The number of amides is 1. The van der Waals surface area contributed by atoms with E-state index >= 15 is 0 Å². The summed E-state index contributed by atoms with van der Waals surface area (Å²) < 4.78 is 5.70. The van der Waals surface area contributed by atoms with E-state index in [2.05, 4.69) is 0 Å². The van der Waals surface area contributed by atoms with E-state index in [0.717, 1.165) is 25.9 Å². The molecule has 0 saturated carbocycles. The molecule has 2 aliphatic heterocycles. The van der Waals surface area contributed by atoms with Gasteiger partial charge < -0.3 is 9.64 Å². The number of hydrogen-bond acceptors (Lipinski definition) is 2. The van der Waals surface area contributed by atoms with Crippen molar-refractivity contribution in [2.24, 2.45) is 5.41 Å². The van der Waals surface area contributed by atoms with Crippen molar-refractivity contribution in [2.75, 3.05) is 19.0 Å². The zero-order chi connectivity index (χ0) is 11.1. The first kappa shape index (κ1) is 11.2. The average Bonchev–Trinajstić information content (AvgIpc) is 2.56. The number of hydrogen-bond donors (Lipinski definition) is 0. The number of rotatable bonds is 2. The molecule has 0 aromatic rings. The van der Waals surface area contributed by atoms with Crippen LogP contribution in [0.3, 0.4) is 0 Å². The number of fused-ring (bicyclic) bond motifs is 2. The fourth-order valence-electron chi connectivity index (χ4n) is 2.27. The summed E-state index contributed by atoms with van der Waals surface area (Å²) in [6, 6.07) is 0. The number of carbonyl (C=O) groups excluding carboxylic acids is 1. The zero-order valence-corrected chi connectivity index (χ0v) is 10.1. The van der Waals surface area contributed by atoms with Gasteiger partial charge in [0, 0.05) is 19.0 Å². The first-order valence-electron chi connectivity index (χ1n) is 5.54. The number of ether oxygens (including phenoxy) is 1. The van der Waals surface area contributed by atoms with E-state index < -0.39 is 5.41 Å². The van der Waals surface area contributed by atoms with Gasteiger partial charge in [-0.2, -0.15) is 0 Å². The summed E-state index contributed by atoms with van der Waals surface area (Å²) in [6.07, 6.45) is 2.71. The monoisotopic (exact) mass is 231 g/mol. The molecule has 2 saturated heterocycles. The van der Waals surface area contributed by atoms with Crippen LogP contribution in [0.1, 0.15) is 26.7 Å². The molecule has 0 aromatic heterocycles. The molecule has 2 heterocycles. The number of morpholine rings is 1. The minimum absolute atomic E-state index is 0.165. The Kier molecular flexibility index (Phi) is 2.95. The highest BCUT2D eigenvalue weighted by Gasteiger charge is 2.39. The molecule has 2 bridgehead atoms. The number of halogens is 1. The van der Waals surface area contributed by atoms with Gasteiger partial charge in [0.05, 0.1) is 17.6 Å². The van der Waals surface area contributed by atoms with Crippen LogP contribution in [0.2, 0.25) is 0 Å². The van der Waals surface area contributed by atoms with Crippen molar-refractivity contribution in [1.82, 2.24) is 4.90 Å². The van der Waals surface area contributed by atoms with Crippen LogP contribution >= 0.6 is 11.6 Å². The molecule has 2 fully saturated rings. The number of likely N-dealkylation sites (tertiary alicyclic amines) is 1. The number of alkyl halides is 1. The lowest BCUT2D eigenvalue weighted by Crippen LogP contribution is -2.50. The first-order valence-corrected chi connectivity index (χ1v) is 6.07. The molecule has 2 aliphatic rings. The van der Waals surface area contributed by atoms with Crippen LogP contribution in [0.25, 0.3) is 0 Å². The third-order valence-corrected chi connectivity index (χ3v) is 3.91. The van der Waals surface area contributed by atoms with Crippen LogP contribution < -0.4 is 0 Å². The fraction of sp³-hybridized carbons (Fsp3) is 0.909. The maximum absolute atomic E-state index is 12.2. The smallest absolute Gasteiger partial charge is 0.229 e. The molecule has 0 spiro atoms. The van der Waals surface area contributed by atoms with Crippen molar-refractivity contribution in [2.45, 2.75) is 38.9 Å². The minimum Gasteiger partial charge on any atom is -0.371 e. The highest BCUT2D eigenvalue weighted by Crippen LogP contribution is 2.29. The van der Waals surface area contributed by atoms with Gasteiger partial charge in [0.25, 0.3) is 0 Å². The van der Waals surface area contributed by atoms with Crippen molar-refractivity contribution in [3.05, 3.63) is 0 Å². The molecule has 0 aliphatic carbocycles. The standard InChI is InChI=1S/C11H18ClNO2/c1-11(2,7-12)10(14)13-5-8-3-4-9(6-13)15-8/h8-9H,3-7H2,1-2H3. The van der Waals surface area contributed by atoms with Crippen molar-refractivity contribution in [1.29, 1.82) is 0 Å². The fourth-order valence-corrected chi connectivity index (χ4v) is 2.38. The van der Waals surface area contributed by atoms with Gasteiger partial charge in [0.2, 0.25) is 5.91 Å². The summed E-state index contributed by atoms with van der Waals surface area (Å²) in [5.74, 6) is 0.538. The Morgan fingerprint density at radius 3 is 2.40 bits per heavy atom. The molecule has 86 valence electrons. The lowest BCUT2D eigenvalue weighted by atomic mass is 9.94. The van der Waals surface area contributed by atoms with Crippen LogP contribution in [0.5, 0.6) is 0 Å². The second kappa shape index (κ2) is 3.95. The van der Waals surface area contributed by atoms with Gasteiger partial charge in [-0.25, -0.2) is 0 Å². The second-order valence-corrected chi connectivity index (χ2v) is 5.45. The van der Waals surface area contributed by atoms with E-state index in [-0.39, 0.29) is 18.1 Å². The van der Waals surface area contributed by atoms with E-state index in [1.165, 1.54) is 0 Å². The van der Waals surface area contributed by atoms with Crippen molar-refractivity contribution in [3.8, 4) is 0 Å². The molecule has 1 amide bonds. The second-order valence-electron chi connectivity index (χ2n) is 5.19. The van der Waals surface area contributed by atoms with E-state index in [1.807, 2.05) is 18.7 Å². The average molecular weight is 232 g/mol. The Bertz CT molecular complexity index is 255. The summed E-state index contributed by atoms with van der Waals surface area (Å²) in [7, 11) is 0. The van der Waals surface area contributed by atoms with Gasteiger partial charge in [0.1, 0.15) is 0 Å². The highest BCUT2D eigenvalue weighted by molar-refractivity contribution is 6.19. The summed E-state index contributed by atoms with van der Waals surface area (Å²) in [6.45, 7) is 5.30. The highest BCUT2D eigenvalue weighted by atomic mass is 35.5. The van der Waals surface area contributed by atoms with Crippen LogP contribution in [-0.4, -0.2) is 42.0 Å². The van der Waals surface area contributed by atoms with Gasteiger partial charge in [-0.15, -0.1) is 11.6 Å². The normalized spacial score (nSPS) is 30.7. The van der Waals surface area contributed by atoms with Crippen LogP contribution in [0.4, 0.5) is 0 Å². The molecule has 4 heteroatoms. The van der Waals surface area contributed by atoms with Crippen molar-refractivity contribution >= 4 is 17.5 Å². The molecule has 0 aromatic carbocycles. The zero-order valence-electron chi connectivity index (χ0n) is 9.33. The van der Waals surface area contributed by atoms with E-state index in [1.54, 1.807) is 0 Å². The van der Waals surface area contributed by atoms with Gasteiger partial charge in [-0.1, -0.05) is 0 Å². The van der Waals surface area contributed by atoms with Crippen LogP contribution in [0, 0.1) is 5.41 Å². The van der Waals surface area contributed by atoms with Gasteiger partial charge in [-0.05, 0) is 26.7 Å².